The number of likely N-dealkylation sites (tertiary alicyclic amines) is 1. The minimum absolute atomic E-state index is 0.207. The highest BCUT2D eigenvalue weighted by Gasteiger charge is 2.43. The van der Waals surface area contributed by atoms with Crippen LogP contribution in [0.15, 0.2) is 0 Å². The van der Waals surface area contributed by atoms with Crippen LogP contribution in [0.2, 0.25) is 0 Å². The standard InChI is InChI=1S/C9H13F3NO/c1-2-7-3-5-13(6-4-7)8(14)9(10,11)12/h7H,1-6H2. The van der Waals surface area contributed by atoms with Crippen LogP contribution in [0, 0.1) is 12.8 Å². The predicted molar refractivity (Wildman–Crippen MR) is 45.3 cm³/mol. The van der Waals surface area contributed by atoms with Gasteiger partial charge in [-0.1, -0.05) is 13.3 Å². The molecule has 0 saturated carbocycles. The minimum Gasteiger partial charge on any atom is -0.335 e. The molecule has 1 amide bonds. The second kappa shape index (κ2) is 4.19. The molecule has 14 heavy (non-hydrogen) atoms. The number of rotatable bonds is 1. The van der Waals surface area contributed by atoms with Crippen molar-refractivity contribution in [2.24, 2.45) is 5.92 Å². The highest BCUT2D eigenvalue weighted by atomic mass is 19.4. The first kappa shape index (κ1) is 11.3. The van der Waals surface area contributed by atoms with E-state index in [1.165, 1.54) is 0 Å². The molecule has 0 spiro atoms. The molecule has 1 fully saturated rings. The number of piperidine rings is 1. The Labute approximate surface area is 81.1 Å². The summed E-state index contributed by atoms with van der Waals surface area (Å²) in [6, 6.07) is 0. The molecular formula is C9H13F3NO. The highest BCUT2D eigenvalue weighted by Crippen LogP contribution is 2.24. The van der Waals surface area contributed by atoms with Crippen LogP contribution in [0.3, 0.4) is 0 Å². The highest BCUT2D eigenvalue weighted by molar-refractivity contribution is 5.81. The molecule has 0 aromatic rings. The Hall–Kier alpha value is -0.740. The molecule has 0 aromatic carbocycles. The summed E-state index contributed by atoms with van der Waals surface area (Å²) in [6.07, 6.45) is -2.73. The van der Waals surface area contributed by atoms with Gasteiger partial charge in [0.2, 0.25) is 0 Å². The van der Waals surface area contributed by atoms with E-state index in [2.05, 4.69) is 6.92 Å². The maximum absolute atomic E-state index is 12.0. The van der Waals surface area contributed by atoms with Gasteiger partial charge in [0.25, 0.3) is 0 Å². The van der Waals surface area contributed by atoms with Gasteiger partial charge in [-0.3, -0.25) is 4.79 Å². The third-order valence-corrected chi connectivity index (χ3v) is 2.55. The maximum atomic E-state index is 12.0. The van der Waals surface area contributed by atoms with Gasteiger partial charge in [-0.05, 0) is 18.8 Å². The van der Waals surface area contributed by atoms with Gasteiger partial charge in [0, 0.05) is 13.1 Å². The lowest BCUT2D eigenvalue weighted by atomic mass is 9.94. The van der Waals surface area contributed by atoms with E-state index in [1.807, 2.05) is 0 Å². The fourth-order valence-corrected chi connectivity index (χ4v) is 1.60. The Morgan fingerprint density at radius 1 is 1.36 bits per heavy atom. The van der Waals surface area contributed by atoms with E-state index in [0.29, 0.717) is 18.8 Å². The summed E-state index contributed by atoms with van der Waals surface area (Å²) in [5, 5.41) is 0. The average Bonchev–Trinajstić information content (AvgIpc) is 2.15. The Balaban J connectivity index is 2.46. The number of hydrogen-bond donors (Lipinski definition) is 0. The topological polar surface area (TPSA) is 20.3 Å². The third-order valence-electron chi connectivity index (χ3n) is 2.55. The van der Waals surface area contributed by atoms with Gasteiger partial charge < -0.3 is 4.90 Å². The molecule has 0 atom stereocenters. The lowest BCUT2D eigenvalue weighted by Crippen LogP contribution is -2.45. The first-order chi connectivity index (χ1) is 6.45. The van der Waals surface area contributed by atoms with Crippen LogP contribution in [-0.4, -0.2) is 30.1 Å². The van der Waals surface area contributed by atoms with Crippen molar-refractivity contribution in [1.29, 1.82) is 0 Å². The van der Waals surface area contributed by atoms with Crippen LogP contribution in [0.25, 0.3) is 0 Å². The second-order valence-corrected chi connectivity index (χ2v) is 3.52. The SMILES string of the molecule is [CH2]CC1CCN(C(=O)C(F)(F)F)CC1. The lowest BCUT2D eigenvalue weighted by Gasteiger charge is -2.31. The summed E-state index contributed by atoms with van der Waals surface area (Å²) < 4.78 is 36.0. The quantitative estimate of drug-likeness (QED) is 0.645. The molecule has 0 aliphatic carbocycles. The first-order valence-corrected chi connectivity index (χ1v) is 4.60. The fraction of sp³-hybridized carbons (Fsp3) is 0.778. The molecule has 0 bridgehead atoms. The van der Waals surface area contributed by atoms with Crippen molar-refractivity contribution in [1.82, 2.24) is 4.90 Å². The van der Waals surface area contributed by atoms with Crippen LogP contribution in [0.5, 0.6) is 0 Å². The molecule has 1 saturated heterocycles. The van der Waals surface area contributed by atoms with Gasteiger partial charge in [-0.2, -0.15) is 13.2 Å². The molecule has 81 valence electrons. The average molecular weight is 208 g/mol. The van der Waals surface area contributed by atoms with Gasteiger partial charge in [0.15, 0.2) is 0 Å². The van der Waals surface area contributed by atoms with Gasteiger partial charge in [0.1, 0.15) is 0 Å². The van der Waals surface area contributed by atoms with Crippen molar-refractivity contribution in [3.8, 4) is 0 Å². The molecule has 0 unspecified atom stereocenters. The Bertz CT molecular complexity index is 207. The van der Waals surface area contributed by atoms with Gasteiger partial charge in [0.05, 0.1) is 0 Å². The number of hydrogen-bond acceptors (Lipinski definition) is 1. The molecule has 2 nitrogen and oxygen atoms in total. The van der Waals surface area contributed by atoms with E-state index in [1.54, 1.807) is 0 Å². The van der Waals surface area contributed by atoms with Crippen LogP contribution in [0.1, 0.15) is 19.3 Å². The largest absolute Gasteiger partial charge is 0.471 e. The minimum atomic E-state index is -4.72. The Kier molecular flexibility index (Phi) is 3.39. The molecule has 1 aliphatic rings. The summed E-state index contributed by atoms with van der Waals surface area (Å²) in [5.41, 5.74) is 0. The zero-order valence-corrected chi connectivity index (χ0v) is 7.81. The zero-order valence-electron chi connectivity index (χ0n) is 7.81. The molecule has 1 aliphatic heterocycles. The van der Waals surface area contributed by atoms with E-state index in [9.17, 15) is 18.0 Å². The summed E-state index contributed by atoms with van der Waals surface area (Å²) in [7, 11) is 0. The predicted octanol–water partition coefficient (Wildman–Crippen LogP) is 2.01. The maximum Gasteiger partial charge on any atom is 0.471 e. The van der Waals surface area contributed by atoms with Gasteiger partial charge in [-0.25, -0.2) is 0 Å². The van der Waals surface area contributed by atoms with Crippen molar-refractivity contribution < 1.29 is 18.0 Å². The van der Waals surface area contributed by atoms with Crippen LogP contribution < -0.4 is 0 Å². The Morgan fingerprint density at radius 3 is 2.21 bits per heavy atom. The summed E-state index contributed by atoms with van der Waals surface area (Å²) >= 11 is 0. The van der Waals surface area contributed by atoms with E-state index < -0.39 is 12.1 Å². The number of carbonyl (C=O) groups excluding carboxylic acids is 1. The number of carbonyl (C=O) groups is 1. The van der Waals surface area contributed by atoms with Crippen molar-refractivity contribution in [3.05, 3.63) is 6.92 Å². The summed E-state index contributed by atoms with van der Waals surface area (Å²) in [4.78, 5) is 11.7. The smallest absolute Gasteiger partial charge is 0.335 e. The van der Waals surface area contributed by atoms with Crippen molar-refractivity contribution in [3.63, 3.8) is 0 Å². The van der Waals surface area contributed by atoms with E-state index >= 15 is 0 Å². The van der Waals surface area contributed by atoms with Gasteiger partial charge in [-0.15, -0.1) is 0 Å². The van der Waals surface area contributed by atoms with Crippen LogP contribution >= 0.6 is 0 Å². The van der Waals surface area contributed by atoms with E-state index in [-0.39, 0.29) is 13.1 Å². The normalized spacial score (nSPS) is 19.9. The number of alkyl halides is 3. The van der Waals surface area contributed by atoms with Crippen LogP contribution in [-0.2, 0) is 4.79 Å². The molecule has 0 aromatic heterocycles. The van der Waals surface area contributed by atoms with Crippen molar-refractivity contribution in [2.45, 2.75) is 25.4 Å². The van der Waals surface area contributed by atoms with E-state index in [0.717, 1.165) is 11.3 Å². The fourth-order valence-electron chi connectivity index (χ4n) is 1.60. The lowest BCUT2D eigenvalue weighted by molar-refractivity contribution is -0.186. The number of halogens is 3. The number of nitrogens with zero attached hydrogens (tertiary/aromatic N) is 1. The molecule has 1 radical (unpaired) electrons. The van der Waals surface area contributed by atoms with E-state index in [4.69, 9.17) is 0 Å². The third kappa shape index (κ3) is 2.62. The molecule has 0 N–H and O–H groups in total. The van der Waals surface area contributed by atoms with Crippen molar-refractivity contribution >= 4 is 5.91 Å². The van der Waals surface area contributed by atoms with Gasteiger partial charge >= 0.3 is 12.1 Å². The monoisotopic (exact) mass is 208 g/mol. The molecular weight excluding hydrogens is 195 g/mol. The molecule has 5 heteroatoms. The first-order valence-electron chi connectivity index (χ1n) is 4.60. The molecule has 1 rings (SSSR count). The number of amides is 1. The zero-order chi connectivity index (χ0) is 10.8. The summed E-state index contributed by atoms with van der Waals surface area (Å²) in [5.74, 6) is -1.34. The second-order valence-electron chi connectivity index (χ2n) is 3.52. The van der Waals surface area contributed by atoms with Crippen LogP contribution in [0.4, 0.5) is 13.2 Å². The molecule has 1 heterocycles. The summed E-state index contributed by atoms with van der Waals surface area (Å²) in [6.45, 7) is 4.12. The van der Waals surface area contributed by atoms with Crippen molar-refractivity contribution in [2.75, 3.05) is 13.1 Å². The Morgan fingerprint density at radius 2 is 1.86 bits per heavy atom.